The molecular weight excluding hydrogens is 356 g/mol. The highest BCUT2D eigenvalue weighted by molar-refractivity contribution is 7.98. The van der Waals surface area contributed by atoms with Gasteiger partial charge in [-0.05, 0) is 36.1 Å². The van der Waals surface area contributed by atoms with E-state index in [4.69, 9.17) is 5.11 Å². The van der Waals surface area contributed by atoms with E-state index in [0.717, 1.165) is 36.3 Å². The van der Waals surface area contributed by atoms with Crippen LogP contribution in [0, 0.1) is 5.92 Å². The monoisotopic (exact) mass is 384 g/mol. The second kappa shape index (κ2) is 12.3. The van der Waals surface area contributed by atoms with Crippen molar-refractivity contribution in [2.24, 2.45) is 5.92 Å². The SMILES string of the molecule is O=C(O)CCCCC(CCSCc1ccccc1)C(=O)Cc1ccccc1. The lowest BCUT2D eigenvalue weighted by atomic mass is 9.90. The first-order valence-corrected chi connectivity index (χ1v) is 10.7. The third-order valence-corrected chi connectivity index (χ3v) is 5.65. The lowest BCUT2D eigenvalue weighted by Crippen LogP contribution is -2.18. The van der Waals surface area contributed by atoms with E-state index in [0.29, 0.717) is 12.8 Å². The average Bonchev–Trinajstić information content (AvgIpc) is 2.68. The van der Waals surface area contributed by atoms with Crippen molar-refractivity contribution in [2.75, 3.05) is 5.75 Å². The number of carbonyl (C=O) groups is 2. The number of carboxylic acid groups (broad SMARTS) is 1. The van der Waals surface area contributed by atoms with Gasteiger partial charge in [-0.3, -0.25) is 9.59 Å². The summed E-state index contributed by atoms with van der Waals surface area (Å²) in [5, 5.41) is 8.79. The first-order chi connectivity index (χ1) is 13.1. The van der Waals surface area contributed by atoms with Crippen LogP contribution < -0.4 is 0 Å². The van der Waals surface area contributed by atoms with Gasteiger partial charge in [-0.2, -0.15) is 11.8 Å². The van der Waals surface area contributed by atoms with Gasteiger partial charge in [-0.25, -0.2) is 0 Å². The first kappa shape index (κ1) is 21.2. The summed E-state index contributed by atoms with van der Waals surface area (Å²) in [7, 11) is 0. The maximum Gasteiger partial charge on any atom is 0.303 e. The Labute approximate surface area is 166 Å². The lowest BCUT2D eigenvalue weighted by molar-refractivity contribution is -0.137. The molecule has 0 bridgehead atoms. The van der Waals surface area contributed by atoms with Gasteiger partial charge in [0.2, 0.25) is 0 Å². The van der Waals surface area contributed by atoms with E-state index in [-0.39, 0.29) is 18.1 Å². The largest absolute Gasteiger partial charge is 0.481 e. The summed E-state index contributed by atoms with van der Waals surface area (Å²) in [5.74, 6) is 1.43. The molecule has 144 valence electrons. The molecule has 3 nitrogen and oxygen atoms in total. The number of aliphatic carboxylic acids is 1. The van der Waals surface area contributed by atoms with Gasteiger partial charge < -0.3 is 5.11 Å². The van der Waals surface area contributed by atoms with Crippen LogP contribution in [-0.4, -0.2) is 22.6 Å². The van der Waals surface area contributed by atoms with Crippen LogP contribution in [0.3, 0.4) is 0 Å². The van der Waals surface area contributed by atoms with Gasteiger partial charge in [0, 0.05) is 24.5 Å². The summed E-state index contributed by atoms with van der Waals surface area (Å²) in [5.41, 5.74) is 2.35. The second-order valence-electron chi connectivity index (χ2n) is 6.79. The van der Waals surface area contributed by atoms with Gasteiger partial charge in [-0.15, -0.1) is 0 Å². The molecule has 0 aliphatic rings. The van der Waals surface area contributed by atoms with Gasteiger partial charge in [-0.1, -0.05) is 67.1 Å². The zero-order valence-corrected chi connectivity index (χ0v) is 16.5. The number of carbonyl (C=O) groups excluding carboxylic acids is 1. The van der Waals surface area contributed by atoms with Crippen LogP contribution in [0.15, 0.2) is 60.7 Å². The molecule has 2 aromatic rings. The number of hydrogen-bond acceptors (Lipinski definition) is 3. The minimum atomic E-state index is -0.763. The fourth-order valence-electron chi connectivity index (χ4n) is 3.06. The molecule has 4 heteroatoms. The normalized spacial score (nSPS) is 11.9. The summed E-state index contributed by atoms with van der Waals surface area (Å²) < 4.78 is 0. The number of thioether (sulfide) groups is 1. The van der Waals surface area contributed by atoms with Crippen LogP contribution in [0.4, 0.5) is 0 Å². The topological polar surface area (TPSA) is 54.4 Å². The minimum absolute atomic E-state index is 0.0160. The van der Waals surface area contributed by atoms with E-state index in [2.05, 4.69) is 12.1 Å². The van der Waals surface area contributed by atoms with Crippen molar-refractivity contribution < 1.29 is 14.7 Å². The maximum absolute atomic E-state index is 12.8. The van der Waals surface area contributed by atoms with E-state index in [1.54, 1.807) is 0 Å². The van der Waals surface area contributed by atoms with Crippen molar-refractivity contribution in [3.63, 3.8) is 0 Å². The van der Waals surface area contributed by atoms with Crippen molar-refractivity contribution in [1.29, 1.82) is 0 Å². The van der Waals surface area contributed by atoms with Crippen molar-refractivity contribution in [3.8, 4) is 0 Å². The molecule has 0 aliphatic heterocycles. The Kier molecular flexibility index (Phi) is 9.70. The molecule has 1 unspecified atom stereocenters. The van der Waals surface area contributed by atoms with E-state index < -0.39 is 5.97 Å². The number of ketones is 1. The molecule has 2 rings (SSSR count). The Morgan fingerprint density at radius 3 is 2.11 bits per heavy atom. The number of hydrogen-bond donors (Lipinski definition) is 1. The fourth-order valence-corrected chi connectivity index (χ4v) is 4.09. The molecule has 0 spiro atoms. The average molecular weight is 385 g/mol. The second-order valence-corrected chi connectivity index (χ2v) is 7.90. The molecule has 0 fully saturated rings. The highest BCUT2D eigenvalue weighted by atomic mass is 32.2. The molecule has 27 heavy (non-hydrogen) atoms. The standard InChI is InChI=1S/C23H28O3S/c24-22(17-19-9-3-1-4-10-19)21(13-7-8-14-23(25)26)15-16-27-18-20-11-5-2-6-12-20/h1-6,9-12,21H,7-8,13-18H2,(H,25,26). The molecule has 0 aliphatic carbocycles. The van der Waals surface area contributed by atoms with Crippen LogP contribution in [-0.2, 0) is 21.8 Å². The Hall–Kier alpha value is -2.07. The number of rotatable bonds is 13. The summed E-state index contributed by atoms with van der Waals surface area (Å²) in [6, 6.07) is 20.2. The predicted molar refractivity (Wildman–Crippen MR) is 112 cm³/mol. The Morgan fingerprint density at radius 1 is 0.852 bits per heavy atom. The number of unbranched alkanes of at least 4 members (excludes halogenated alkanes) is 1. The Balaban J connectivity index is 1.82. The van der Waals surface area contributed by atoms with Gasteiger partial charge in [0.1, 0.15) is 5.78 Å². The zero-order chi connectivity index (χ0) is 19.3. The highest BCUT2D eigenvalue weighted by Crippen LogP contribution is 2.22. The Bertz CT molecular complexity index is 685. The van der Waals surface area contributed by atoms with E-state index in [9.17, 15) is 9.59 Å². The van der Waals surface area contributed by atoms with Gasteiger partial charge >= 0.3 is 5.97 Å². The molecule has 1 atom stereocenters. The van der Waals surface area contributed by atoms with Crippen molar-refractivity contribution >= 4 is 23.5 Å². The molecule has 0 saturated carbocycles. The van der Waals surface area contributed by atoms with Gasteiger partial charge in [0.15, 0.2) is 0 Å². The molecule has 1 N–H and O–H groups in total. The van der Waals surface area contributed by atoms with Crippen LogP contribution in [0.1, 0.15) is 43.2 Å². The number of carboxylic acids is 1. The Morgan fingerprint density at radius 2 is 1.48 bits per heavy atom. The van der Waals surface area contributed by atoms with Gasteiger partial charge in [0.25, 0.3) is 0 Å². The molecule has 0 amide bonds. The van der Waals surface area contributed by atoms with Crippen LogP contribution in [0.25, 0.3) is 0 Å². The summed E-state index contributed by atoms with van der Waals surface area (Å²) in [6.45, 7) is 0. The third kappa shape index (κ3) is 8.91. The molecule has 0 aromatic heterocycles. The van der Waals surface area contributed by atoms with Crippen LogP contribution in [0.2, 0.25) is 0 Å². The molecule has 0 radical (unpaired) electrons. The summed E-state index contributed by atoms with van der Waals surface area (Å²) >= 11 is 1.86. The summed E-state index contributed by atoms with van der Waals surface area (Å²) in [4.78, 5) is 23.5. The van der Waals surface area contributed by atoms with E-state index in [1.165, 1.54) is 5.56 Å². The first-order valence-electron chi connectivity index (χ1n) is 9.55. The molecule has 0 saturated heterocycles. The third-order valence-electron chi connectivity index (χ3n) is 4.59. The smallest absolute Gasteiger partial charge is 0.303 e. The number of Topliss-reactive ketones (excluding diaryl/α,β-unsaturated/α-hetero) is 1. The maximum atomic E-state index is 12.8. The zero-order valence-electron chi connectivity index (χ0n) is 15.7. The minimum Gasteiger partial charge on any atom is -0.481 e. The van der Waals surface area contributed by atoms with E-state index >= 15 is 0 Å². The number of benzene rings is 2. The molecular formula is C23H28O3S. The van der Waals surface area contributed by atoms with Gasteiger partial charge in [0.05, 0.1) is 0 Å². The summed E-state index contributed by atoms with van der Waals surface area (Å²) in [6.07, 6.45) is 3.72. The van der Waals surface area contributed by atoms with E-state index in [1.807, 2.05) is 60.3 Å². The van der Waals surface area contributed by atoms with Crippen molar-refractivity contribution in [1.82, 2.24) is 0 Å². The fraction of sp³-hybridized carbons (Fsp3) is 0.391. The quantitative estimate of drug-likeness (QED) is 0.471. The van der Waals surface area contributed by atoms with Crippen molar-refractivity contribution in [3.05, 3.63) is 71.8 Å². The van der Waals surface area contributed by atoms with Crippen molar-refractivity contribution in [2.45, 2.75) is 44.3 Å². The lowest BCUT2D eigenvalue weighted by Gasteiger charge is -2.16. The molecule has 2 aromatic carbocycles. The predicted octanol–water partition coefficient (Wildman–Crippen LogP) is 5.38. The molecule has 0 heterocycles. The van der Waals surface area contributed by atoms with Crippen LogP contribution >= 0.6 is 11.8 Å². The highest BCUT2D eigenvalue weighted by Gasteiger charge is 2.18. The van der Waals surface area contributed by atoms with Crippen LogP contribution in [0.5, 0.6) is 0 Å².